The van der Waals surface area contributed by atoms with Crippen molar-refractivity contribution < 1.29 is 9.34 Å². The Morgan fingerprint density at radius 2 is 1.88 bits per heavy atom. The Balaban J connectivity index is 1.96. The van der Waals surface area contributed by atoms with Crippen LogP contribution in [0.2, 0.25) is 0 Å². The minimum Gasteiger partial charge on any atom is -0.419 e. The molecule has 0 saturated carbocycles. The number of hydrogen-bond acceptors (Lipinski definition) is 6. The Hall–Kier alpha value is -3.66. The SMILES string of the molecule is CC(Nc1oc(-c2ccccc2[N+](=O)[O-])nc1C#N)c1ccccc1. The van der Waals surface area contributed by atoms with Crippen molar-refractivity contribution in [3.63, 3.8) is 0 Å². The fourth-order valence-electron chi connectivity index (χ4n) is 2.44. The summed E-state index contributed by atoms with van der Waals surface area (Å²) in [6.07, 6.45) is 0. The van der Waals surface area contributed by atoms with Gasteiger partial charge in [-0.2, -0.15) is 10.2 Å². The van der Waals surface area contributed by atoms with Gasteiger partial charge in [0, 0.05) is 6.07 Å². The van der Waals surface area contributed by atoms with Crippen LogP contribution in [0.5, 0.6) is 0 Å². The Morgan fingerprint density at radius 1 is 1.20 bits per heavy atom. The van der Waals surface area contributed by atoms with E-state index in [1.807, 2.05) is 43.3 Å². The highest BCUT2D eigenvalue weighted by Gasteiger charge is 2.22. The molecule has 3 rings (SSSR count). The summed E-state index contributed by atoms with van der Waals surface area (Å²) in [5.74, 6) is 0.221. The van der Waals surface area contributed by atoms with Crippen LogP contribution in [-0.4, -0.2) is 9.91 Å². The predicted molar refractivity (Wildman–Crippen MR) is 91.8 cm³/mol. The monoisotopic (exact) mass is 334 g/mol. The molecule has 1 unspecified atom stereocenters. The van der Waals surface area contributed by atoms with Crippen LogP contribution in [0.15, 0.2) is 59.0 Å². The molecule has 0 saturated heterocycles. The zero-order valence-electron chi connectivity index (χ0n) is 13.3. The molecule has 1 heterocycles. The molecule has 0 bridgehead atoms. The van der Waals surface area contributed by atoms with Gasteiger partial charge in [-0.15, -0.1) is 0 Å². The van der Waals surface area contributed by atoms with Crippen LogP contribution in [0, 0.1) is 21.4 Å². The number of rotatable bonds is 5. The fraction of sp³-hybridized carbons (Fsp3) is 0.111. The van der Waals surface area contributed by atoms with Gasteiger partial charge in [0.05, 0.1) is 11.0 Å². The predicted octanol–water partition coefficient (Wildman–Crippen LogP) is 4.29. The van der Waals surface area contributed by atoms with Gasteiger partial charge in [0.1, 0.15) is 11.6 Å². The lowest BCUT2D eigenvalue weighted by molar-refractivity contribution is -0.384. The van der Waals surface area contributed by atoms with E-state index in [1.54, 1.807) is 12.1 Å². The van der Waals surface area contributed by atoms with Crippen LogP contribution < -0.4 is 5.32 Å². The number of aromatic nitrogens is 1. The summed E-state index contributed by atoms with van der Waals surface area (Å²) in [6, 6.07) is 17.6. The van der Waals surface area contributed by atoms with Crippen molar-refractivity contribution in [3.8, 4) is 17.5 Å². The maximum absolute atomic E-state index is 11.2. The molecule has 0 fully saturated rings. The number of hydrogen-bond donors (Lipinski definition) is 1. The van der Waals surface area contributed by atoms with Gasteiger partial charge in [-0.25, -0.2) is 0 Å². The summed E-state index contributed by atoms with van der Waals surface area (Å²) in [5, 5.41) is 23.6. The summed E-state index contributed by atoms with van der Waals surface area (Å²) < 4.78 is 5.63. The lowest BCUT2D eigenvalue weighted by Crippen LogP contribution is -2.06. The highest BCUT2D eigenvalue weighted by molar-refractivity contribution is 5.68. The molecule has 7 nitrogen and oxygen atoms in total. The number of nitrogens with zero attached hydrogens (tertiary/aromatic N) is 3. The van der Waals surface area contributed by atoms with E-state index in [0.717, 1.165) is 5.56 Å². The van der Waals surface area contributed by atoms with Gasteiger partial charge in [-0.1, -0.05) is 42.5 Å². The molecule has 0 aliphatic rings. The summed E-state index contributed by atoms with van der Waals surface area (Å²) in [7, 11) is 0. The summed E-state index contributed by atoms with van der Waals surface area (Å²) in [4.78, 5) is 14.8. The van der Waals surface area contributed by atoms with E-state index in [-0.39, 0.29) is 34.8 Å². The number of oxazole rings is 1. The van der Waals surface area contributed by atoms with Crippen LogP contribution in [-0.2, 0) is 0 Å². The molecule has 3 aromatic rings. The van der Waals surface area contributed by atoms with E-state index in [0.29, 0.717) is 0 Å². The third kappa shape index (κ3) is 3.33. The Labute approximate surface area is 143 Å². The van der Waals surface area contributed by atoms with Crippen molar-refractivity contribution >= 4 is 11.6 Å². The van der Waals surface area contributed by atoms with Crippen molar-refractivity contribution in [2.45, 2.75) is 13.0 Å². The number of nitro groups is 1. The third-order valence-electron chi connectivity index (χ3n) is 3.71. The second-order valence-electron chi connectivity index (χ2n) is 5.36. The molecule has 0 spiro atoms. The van der Waals surface area contributed by atoms with Gasteiger partial charge in [0.25, 0.3) is 5.69 Å². The second-order valence-corrected chi connectivity index (χ2v) is 5.36. The average molecular weight is 334 g/mol. The van der Waals surface area contributed by atoms with E-state index in [2.05, 4.69) is 10.3 Å². The van der Waals surface area contributed by atoms with E-state index in [4.69, 9.17) is 4.42 Å². The topological polar surface area (TPSA) is 105 Å². The van der Waals surface area contributed by atoms with Crippen molar-refractivity contribution in [3.05, 3.63) is 76.0 Å². The number of nitro benzene ring substituents is 1. The molecule has 7 heteroatoms. The van der Waals surface area contributed by atoms with Crippen molar-refractivity contribution in [1.82, 2.24) is 4.98 Å². The van der Waals surface area contributed by atoms with Crippen molar-refractivity contribution in [2.75, 3.05) is 5.32 Å². The molecule has 0 amide bonds. The molecule has 2 aromatic carbocycles. The fourth-order valence-corrected chi connectivity index (χ4v) is 2.44. The van der Waals surface area contributed by atoms with Crippen LogP contribution in [0.1, 0.15) is 24.2 Å². The van der Waals surface area contributed by atoms with Gasteiger partial charge in [0.15, 0.2) is 0 Å². The standard InChI is InChI=1S/C18H14N4O3/c1-12(13-7-3-2-4-8-13)20-18-15(11-19)21-17(25-18)14-9-5-6-10-16(14)22(23)24/h2-10,12,20H,1H3. The highest BCUT2D eigenvalue weighted by atomic mass is 16.6. The van der Waals surface area contributed by atoms with Crippen LogP contribution in [0.3, 0.4) is 0 Å². The number of anilines is 1. The minimum atomic E-state index is -0.509. The quantitative estimate of drug-likeness (QED) is 0.551. The van der Waals surface area contributed by atoms with Crippen molar-refractivity contribution in [1.29, 1.82) is 5.26 Å². The lowest BCUT2D eigenvalue weighted by atomic mass is 10.1. The molecule has 0 radical (unpaired) electrons. The largest absolute Gasteiger partial charge is 0.419 e. The van der Waals surface area contributed by atoms with Gasteiger partial charge < -0.3 is 9.73 Å². The Bertz CT molecular complexity index is 944. The van der Waals surface area contributed by atoms with Gasteiger partial charge >= 0.3 is 0 Å². The maximum atomic E-state index is 11.2. The molecular weight excluding hydrogens is 320 g/mol. The smallest absolute Gasteiger partial charge is 0.282 e. The maximum Gasteiger partial charge on any atom is 0.282 e. The van der Waals surface area contributed by atoms with E-state index in [9.17, 15) is 15.4 Å². The van der Waals surface area contributed by atoms with Crippen LogP contribution >= 0.6 is 0 Å². The second kappa shape index (κ2) is 6.84. The Kier molecular flexibility index (Phi) is 4.44. The normalized spacial score (nSPS) is 11.5. The molecule has 0 aliphatic heterocycles. The summed E-state index contributed by atoms with van der Waals surface area (Å²) in [5.41, 5.74) is 1.16. The lowest BCUT2D eigenvalue weighted by Gasteiger charge is -2.13. The first-order chi connectivity index (χ1) is 12.1. The first kappa shape index (κ1) is 16.2. The zero-order valence-corrected chi connectivity index (χ0v) is 13.3. The van der Waals surface area contributed by atoms with Crippen LogP contribution in [0.4, 0.5) is 11.6 Å². The van der Waals surface area contributed by atoms with E-state index in [1.165, 1.54) is 12.1 Å². The number of nitriles is 1. The molecule has 25 heavy (non-hydrogen) atoms. The van der Waals surface area contributed by atoms with Gasteiger partial charge in [-0.3, -0.25) is 10.1 Å². The van der Waals surface area contributed by atoms with Gasteiger partial charge in [-0.05, 0) is 18.6 Å². The zero-order chi connectivity index (χ0) is 17.8. The van der Waals surface area contributed by atoms with Gasteiger partial charge in [0.2, 0.25) is 17.5 Å². The number of benzene rings is 2. The molecule has 0 aliphatic carbocycles. The Morgan fingerprint density at radius 3 is 2.56 bits per heavy atom. The highest BCUT2D eigenvalue weighted by Crippen LogP contribution is 2.33. The van der Waals surface area contributed by atoms with E-state index < -0.39 is 4.92 Å². The number of para-hydroxylation sites is 1. The van der Waals surface area contributed by atoms with Crippen molar-refractivity contribution in [2.24, 2.45) is 0 Å². The summed E-state index contributed by atoms with van der Waals surface area (Å²) >= 11 is 0. The minimum absolute atomic E-state index is 0.0339. The average Bonchev–Trinajstić information content (AvgIpc) is 3.05. The number of nitrogens with one attached hydrogen (secondary N) is 1. The molecule has 1 atom stereocenters. The molecule has 124 valence electrons. The molecule has 1 N–H and O–H groups in total. The van der Waals surface area contributed by atoms with E-state index >= 15 is 0 Å². The summed E-state index contributed by atoms with van der Waals surface area (Å²) in [6.45, 7) is 1.92. The van der Waals surface area contributed by atoms with Crippen LogP contribution in [0.25, 0.3) is 11.5 Å². The molecular formula is C18H14N4O3. The third-order valence-corrected chi connectivity index (χ3v) is 3.71. The first-order valence-electron chi connectivity index (χ1n) is 7.56. The molecule has 1 aromatic heterocycles. The first-order valence-corrected chi connectivity index (χ1v) is 7.56.